The third-order valence-corrected chi connectivity index (χ3v) is 7.01. The number of hydrogen-bond donors (Lipinski definition) is 2. The van der Waals surface area contributed by atoms with E-state index in [0.29, 0.717) is 23.4 Å². The minimum absolute atomic E-state index is 0.404. The van der Waals surface area contributed by atoms with Gasteiger partial charge in [0.2, 0.25) is 0 Å². The van der Waals surface area contributed by atoms with Crippen LogP contribution in [0, 0.1) is 6.92 Å². The van der Waals surface area contributed by atoms with E-state index >= 15 is 0 Å². The zero-order chi connectivity index (χ0) is 23.1. The molecule has 33 heavy (non-hydrogen) atoms. The van der Waals surface area contributed by atoms with Crippen molar-refractivity contribution in [2.75, 3.05) is 45.7 Å². The summed E-state index contributed by atoms with van der Waals surface area (Å²) in [6, 6.07) is 6.05. The van der Waals surface area contributed by atoms with Gasteiger partial charge in [-0.1, -0.05) is 6.07 Å². The molecule has 9 heteroatoms. The molecule has 1 aromatic carbocycles. The number of fused-ring (bicyclic) bond motifs is 1. The van der Waals surface area contributed by atoms with Crippen LogP contribution in [0.25, 0.3) is 16.8 Å². The molecule has 0 radical (unpaired) electrons. The number of nitrogens with zero attached hydrogens (tertiary/aromatic N) is 5. The van der Waals surface area contributed by atoms with E-state index in [1.807, 2.05) is 31.5 Å². The van der Waals surface area contributed by atoms with E-state index in [2.05, 4.69) is 31.5 Å². The number of nitrogens with one attached hydrogen (secondary N) is 1. The van der Waals surface area contributed by atoms with E-state index in [4.69, 9.17) is 14.8 Å². The Morgan fingerprint density at radius 1 is 1.21 bits per heavy atom. The number of carbonyl (C=O) groups is 1. The highest BCUT2D eigenvalue weighted by atomic mass is 16.5. The number of hydrogen-bond acceptors (Lipinski definition) is 6. The average Bonchev–Trinajstić information content (AvgIpc) is 3.14. The molecule has 2 aromatic heterocycles. The van der Waals surface area contributed by atoms with E-state index in [9.17, 15) is 4.79 Å². The summed E-state index contributed by atoms with van der Waals surface area (Å²) in [6.07, 6.45) is 4.93. The predicted octanol–water partition coefficient (Wildman–Crippen LogP) is 3.30. The number of benzene rings is 1. The van der Waals surface area contributed by atoms with E-state index in [1.165, 1.54) is 7.11 Å². The van der Waals surface area contributed by atoms with Crippen molar-refractivity contribution in [1.82, 2.24) is 24.2 Å². The fourth-order valence-electron chi connectivity index (χ4n) is 5.05. The van der Waals surface area contributed by atoms with Crippen LogP contribution in [0.2, 0.25) is 0 Å². The number of carboxylic acid groups (broad SMARTS) is 1. The first-order valence-electron chi connectivity index (χ1n) is 11.4. The van der Waals surface area contributed by atoms with Gasteiger partial charge in [-0.05, 0) is 38.9 Å². The normalized spacial score (nSPS) is 21.7. The van der Waals surface area contributed by atoms with Gasteiger partial charge in [-0.15, -0.1) is 0 Å². The summed E-state index contributed by atoms with van der Waals surface area (Å²) in [6.45, 7) is 6.55. The molecule has 1 aliphatic carbocycles. The van der Waals surface area contributed by atoms with Crippen molar-refractivity contribution in [1.29, 1.82) is 0 Å². The summed E-state index contributed by atoms with van der Waals surface area (Å²) >= 11 is 0. The summed E-state index contributed by atoms with van der Waals surface area (Å²) in [5, 5.41) is 11.5. The number of amides is 1. The lowest BCUT2D eigenvalue weighted by molar-refractivity contribution is 0.0586. The number of imidazole rings is 1. The quantitative estimate of drug-likeness (QED) is 0.616. The first-order valence-corrected chi connectivity index (χ1v) is 11.4. The SMILES string of the molecule is COc1cc(-c2nc(C3CC(N4CCN(C)CC4)C3)n3ccnc(C)c23)ccc1NC(=O)O. The van der Waals surface area contributed by atoms with Crippen molar-refractivity contribution < 1.29 is 14.6 Å². The zero-order valence-electron chi connectivity index (χ0n) is 19.3. The summed E-state index contributed by atoms with van der Waals surface area (Å²) in [5.41, 5.74) is 4.02. The van der Waals surface area contributed by atoms with Crippen molar-refractivity contribution >= 4 is 17.3 Å². The van der Waals surface area contributed by atoms with E-state index in [0.717, 1.165) is 67.3 Å². The topological polar surface area (TPSA) is 95.2 Å². The minimum atomic E-state index is -1.13. The number of likely N-dealkylation sites (N-methyl/N-ethyl adjacent to an activating group) is 1. The maximum atomic E-state index is 11.1. The standard InChI is InChI=1S/C24H30N6O3/c1-15-22-21(16-4-5-19(26-24(31)32)20(14-16)33-3)27-23(30(22)7-6-25-15)17-12-18(13-17)29-10-8-28(2)9-11-29/h4-7,14,17-18,26H,8-13H2,1-3H3,(H,31,32). The number of rotatable bonds is 5. The molecule has 1 saturated carbocycles. The fourth-order valence-corrected chi connectivity index (χ4v) is 5.05. The van der Waals surface area contributed by atoms with Crippen LogP contribution in [0.5, 0.6) is 5.75 Å². The van der Waals surface area contributed by atoms with Gasteiger partial charge in [0.15, 0.2) is 0 Å². The third-order valence-electron chi connectivity index (χ3n) is 7.01. The van der Waals surface area contributed by atoms with Crippen LogP contribution < -0.4 is 10.1 Å². The molecule has 1 aliphatic heterocycles. The number of methoxy groups -OCH3 is 1. The second kappa shape index (κ2) is 8.64. The number of ether oxygens (including phenoxy) is 1. The van der Waals surface area contributed by atoms with Gasteiger partial charge in [0, 0.05) is 56.1 Å². The van der Waals surface area contributed by atoms with Crippen molar-refractivity contribution in [2.45, 2.75) is 31.7 Å². The Kier molecular flexibility index (Phi) is 5.67. The van der Waals surface area contributed by atoms with Crippen LogP contribution in [0.3, 0.4) is 0 Å². The number of piperazine rings is 1. The van der Waals surface area contributed by atoms with E-state index in [-0.39, 0.29) is 0 Å². The van der Waals surface area contributed by atoms with Crippen LogP contribution in [-0.4, -0.2) is 81.7 Å². The smallest absolute Gasteiger partial charge is 0.409 e. The average molecular weight is 451 g/mol. The first kappa shape index (κ1) is 21.7. The minimum Gasteiger partial charge on any atom is -0.495 e. The largest absolute Gasteiger partial charge is 0.495 e. The Bertz CT molecular complexity index is 1180. The van der Waals surface area contributed by atoms with Gasteiger partial charge < -0.3 is 14.7 Å². The molecule has 2 fully saturated rings. The summed E-state index contributed by atoms with van der Waals surface area (Å²) in [5.74, 6) is 1.94. The van der Waals surface area contributed by atoms with Gasteiger partial charge in [0.25, 0.3) is 0 Å². The lowest BCUT2D eigenvalue weighted by Crippen LogP contribution is -2.52. The Morgan fingerprint density at radius 3 is 2.67 bits per heavy atom. The highest BCUT2D eigenvalue weighted by Crippen LogP contribution is 2.42. The molecular formula is C24H30N6O3. The monoisotopic (exact) mass is 450 g/mol. The Balaban J connectivity index is 1.46. The Morgan fingerprint density at radius 2 is 1.97 bits per heavy atom. The fraction of sp³-hybridized carbons (Fsp3) is 0.458. The highest BCUT2D eigenvalue weighted by molar-refractivity contribution is 5.88. The van der Waals surface area contributed by atoms with Crippen molar-refractivity contribution in [2.24, 2.45) is 0 Å². The van der Waals surface area contributed by atoms with Crippen molar-refractivity contribution in [3.8, 4) is 17.0 Å². The second-order valence-electron chi connectivity index (χ2n) is 9.06. The Hall–Kier alpha value is -3.17. The zero-order valence-corrected chi connectivity index (χ0v) is 19.3. The van der Waals surface area contributed by atoms with Crippen molar-refractivity contribution in [3.63, 3.8) is 0 Å². The molecule has 174 valence electrons. The molecule has 9 nitrogen and oxygen atoms in total. The molecule has 2 N–H and O–H groups in total. The van der Waals surface area contributed by atoms with Crippen LogP contribution in [0.15, 0.2) is 30.6 Å². The Labute approximate surface area is 193 Å². The van der Waals surface area contributed by atoms with Crippen LogP contribution >= 0.6 is 0 Å². The lowest BCUT2D eigenvalue weighted by atomic mass is 9.78. The number of aryl methyl sites for hydroxylation is 1. The lowest BCUT2D eigenvalue weighted by Gasteiger charge is -2.45. The van der Waals surface area contributed by atoms with Gasteiger partial charge in [0.1, 0.15) is 11.6 Å². The predicted molar refractivity (Wildman–Crippen MR) is 126 cm³/mol. The van der Waals surface area contributed by atoms with Crippen LogP contribution in [0.4, 0.5) is 10.5 Å². The van der Waals surface area contributed by atoms with E-state index < -0.39 is 6.09 Å². The molecule has 1 amide bonds. The molecule has 0 atom stereocenters. The molecule has 1 saturated heterocycles. The molecule has 2 aliphatic rings. The van der Waals surface area contributed by atoms with Gasteiger partial charge in [-0.3, -0.25) is 19.6 Å². The molecule has 3 heterocycles. The summed E-state index contributed by atoms with van der Waals surface area (Å²) in [7, 11) is 3.72. The molecule has 0 spiro atoms. The van der Waals surface area contributed by atoms with E-state index in [1.54, 1.807) is 6.07 Å². The van der Waals surface area contributed by atoms with Gasteiger partial charge >= 0.3 is 6.09 Å². The first-order chi connectivity index (χ1) is 15.9. The number of aromatic nitrogens is 3. The summed E-state index contributed by atoms with van der Waals surface area (Å²) in [4.78, 5) is 25.7. The second-order valence-corrected chi connectivity index (χ2v) is 9.06. The maximum absolute atomic E-state index is 11.1. The molecule has 5 rings (SSSR count). The summed E-state index contributed by atoms with van der Waals surface area (Å²) < 4.78 is 7.62. The highest BCUT2D eigenvalue weighted by Gasteiger charge is 2.38. The third kappa shape index (κ3) is 4.02. The van der Waals surface area contributed by atoms with Gasteiger partial charge in [-0.25, -0.2) is 9.78 Å². The van der Waals surface area contributed by atoms with Gasteiger partial charge in [0.05, 0.1) is 29.7 Å². The molecular weight excluding hydrogens is 420 g/mol. The maximum Gasteiger partial charge on any atom is 0.409 e. The van der Waals surface area contributed by atoms with Crippen LogP contribution in [0.1, 0.15) is 30.3 Å². The van der Waals surface area contributed by atoms with Crippen molar-refractivity contribution in [3.05, 3.63) is 42.1 Å². The molecule has 0 unspecified atom stereocenters. The number of anilines is 1. The van der Waals surface area contributed by atoms with Crippen LogP contribution in [-0.2, 0) is 0 Å². The molecule has 3 aromatic rings. The molecule has 0 bridgehead atoms. The van der Waals surface area contributed by atoms with Gasteiger partial charge in [-0.2, -0.15) is 0 Å².